The monoisotopic (exact) mass is 335 g/mol. The second-order valence-electron chi connectivity index (χ2n) is 5.34. The zero-order valence-corrected chi connectivity index (χ0v) is 13.1. The molecule has 0 saturated heterocycles. The van der Waals surface area contributed by atoms with Crippen LogP contribution in [0.3, 0.4) is 0 Å². The summed E-state index contributed by atoms with van der Waals surface area (Å²) >= 11 is 0. The molecule has 120 valence electrons. The molecule has 0 saturated carbocycles. The molecule has 1 N–H and O–H groups in total. The molecular formula is C16H14FNO4S. The third kappa shape index (κ3) is 3.19. The maximum absolute atomic E-state index is 13.8. The largest absolute Gasteiger partial charge is 0.379 e. The Morgan fingerprint density at radius 3 is 2.70 bits per heavy atom. The molecule has 0 radical (unpaired) electrons. The van der Waals surface area contributed by atoms with Crippen LogP contribution in [0.4, 0.5) is 10.1 Å². The molecular weight excluding hydrogens is 321 g/mol. The molecule has 1 aliphatic rings. The molecule has 0 aliphatic carbocycles. The van der Waals surface area contributed by atoms with E-state index >= 15 is 0 Å². The second kappa shape index (κ2) is 5.66. The van der Waals surface area contributed by atoms with Gasteiger partial charge in [-0.25, -0.2) is 4.39 Å². The molecule has 0 aromatic heterocycles. The number of carbonyl (C=O) groups excluding carboxylic acids is 1. The van der Waals surface area contributed by atoms with Crippen LogP contribution in [0.5, 0.6) is 5.75 Å². The minimum atomic E-state index is -4.27. The van der Waals surface area contributed by atoms with Crippen molar-refractivity contribution in [2.45, 2.75) is 24.7 Å². The molecule has 0 spiro atoms. The fourth-order valence-corrected chi connectivity index (χ4v) is 3.47. The van der Waals surface area contributed by atoms with Gasteiger partial charge in [-0.05, 0) is 54.8 Å². The summed E-state index contributed by atoms with van der Waals surface area (Å²) in [7, 11) is -4.27. The first-order valence-electron chi connectivity index (χ1n) is 6.98. The molecule has 0 fully saturated rings. The molecule has 1 amide bonds. The van der Waals surface area contributed by atoms with Crippen molar-refractivity contribution in [3.05, 3.63) is 53.3 Å². The van der Waals surface area contributed by atoms with Crippen LogP contribution in [-0.4, -0.2) is 14.3 Å². The summed E-state index contributed by atoms with van der Waals surface area (Å²) in [6.07, 6.45) is 0.826. The quantitative estimate of drug-likeness (QED) is 0.876. The Morgan fingerprint density at radius 2 is 1.91 bits per heavy atom. The van der Waals surface area contributed by atoms with Crippen molar-refractivity contribution in [3.63, 3.8) is 0 Å². The smallest absolute Gasteiger partial charge is 0.342 e. The zero-order valence-electron chi connectivity index (χ0n) is 12.3. The number of hydrogen-bond acceptors (Lipinski definition) is 4. The minimum absolute atomic E-state index is 0.0828. The number of aryl methyl sites for hydroxylation is 2. The summed E-state index contributed by atoms with van der Waals surface area (Å²) in [5, 5.41) is 2.69. The Kier molecular flexibility index (Phi) is 3.81. The van der Waals surface area contributed by atoms with E-state index < -0.39 is 20.8 Å². The third-order valence-electron chi connectivity index (χ3n) is 3.53. The van der Waals surface area contributed by atoms with Crippen molar-refractivity contribution in [2.24, 2.45) is 0 Å². The van der Waals surface area contributed by atoms with Crippen molar-refractivity contribution in [1.29, 1.82) is 0 Å². The molecule has 3 rings (SSSR count). The fourth-order valence-electron chi connectivity index (χ4n) is 2.39. The summed E-state index contributed by atoms with van der Waals surface area (Å²) < 4.78 is 43.3. The van der Waals surface area contributed by atoms with Gasteiger partial charge in [-0.1, -0.05) is 6.07 Å². The predicted octanol–water partition coefficient (Wildman–Crippen LogP) is 2.79. The number of hydrogen-bond donors (Lipinski definition) is 1. The Bertz CT molecular complexity index is 893. The molecule has 0 unspecified atom stereocenters. The van der Waals surface area contributed by atoms with E-state index in [2.05, 4.69) is 5.32 Å². The maximum Gasteiger partial charge on any atom is 0.342 e. The molecule has 5 nitrogen and oxygen atoms in total. The van der Waals surface area contributed by atoms with E-state index in [-0.39, 0.29) is 11.7 Å². The fraction of sp³-hybridized carbons (Fsp3) is 0.188. The van der Waals surface area contributed by atoms with E-state index in [9.17, 15) is 17.6 Å². The van der Waals surface area contributed by atoms with E-state index in [0.29, 0.717) is 24.1 Å². The van der Waals surface area contributed by atoms with Gasteiger partial charge < -0.3 is 9.50 Å². The highest BCUT2D eigenvalue weighted by atomic mass is 32.2. The van der Waals surface area contributed by atoms with E-state index in [1.807, 2.05) is 0 Å². The van der Waals surface area contributed by atoms with Gasteiger partial charge in [0.2, 0.25) is 5.91 Å². The first-order valence-corrected chi connectivity index (χ1v) is 8.39. The first kappa shape index (κ1) is 15.5. The molecule has 1 aliphatic heterocycles. The number of carbonyl (C=O) groups is 1. The van der Waals surface area contributed by atoms with Crippen molar-refractivity contribution >= 4 is 21.7 Å². The summed E-state index contributed by atoms with van der Waals surface area (Å²) in [6, 6.07) is 8.34. The Labute approximate surface area is 133 Å². The average molecular weight is 335 g/mol. The van der Waals surface area contributed by atoms with Crippen LogP contribution >= 0.6 is 0 Å². The van der Waals surface area contributed by atoms with Gasteiger partial charge in [-0.15, -0.1) is 0 Å². The van der Waals surface area contributed by atoms with E-state index in [4.69, 9.17) is 4.18 Å². The topological polar surface area (TPSA) is 72.5 Å². The molecule has 0 atom stereocenters. The predicted molar refractivity (Wildman–Crippen MR) is 82.3 cm³/mol. The molecule has 23 heavy (non-hydrogen) atoms. The highest BCUT2D eigenvalue weighted by molar-refractivity contribution is 7.87. The van der Waals surface area contributed by atoms with Gasteiger partial charge >= 0.3 is 10.1 Å². The lowest BCUT2D eigenvalue weighted by Crippen LogP contribution is -2.19. The second-order valence-corrected chi connectivity index (χ2v) is 6.85. The van der Waals surface area contributed by atoms with Crippen LogP contribution < -0.4 is 9.50 Å². The first-order chi connectivity index (χ1) is 10.8. The van der Waals surface area contributed by atoms with Crippen LogP contribution in [0.2, 0.25) is 0 Å². The number of benzene rings is 2. The van der Waals surface area contributed by atoms with Crippen molar-refractivity contribution in [1.82, 2.24) is 0 Å². The van der Waals surface area contributed by atoms with E-state index in [0.717, 1.165) is 11.6 Å². The van der Waals surface area contributed by atoms with Crippen molar-refractivity contribution in [3.8, 4) is 5.75 Å². The number of rotatable bonds is 3. The highest BCUT2D eigenvalue weighted by Gasteiger charge is 2.23. The van der Waals surface area contributed by atoms with Crippen molar-refractivity contribution < 1.29 is 21.8 Å². The van der Waals surface area contributed by atoms with Gasteiger partial charge in [0.1, 0.15) is 16.5 Å². The number of halogens is 1. The minimum Gasteiger partial charge on any atom is -0.379 e. The standard InChI is InChI=1S/C16H14FNO4S/c1-10-2-5-13(17)15(8-10)23(20,21)22-12-4-6-14-11(9-12)3-7-16(19)18-14/h2,4-6,8-9H,3,7H2,1H3,(H,18,19). The molecule has 1 heterocycles. The number of amides is 1. The van der Waals surface area contributed by atoms with Crippen LogP contribution in [0.1, 0.15) is 17.5 Å². The number of anilines is 1. The Hall–Kier alpha value is -2.41. The highest BCUT2D eigenvalue weighted by Crippen LogP contribution is 2.29. The normalized spacial score (nSPS) is 14.1. The SMILES string of the molecule is Cc1ccc(F)c(S(=O)(=O)Oc2ccc3c(c2)CCC(=O)N3)c1. The summed E-state index contributed by atoms with van der Waals surface area (Å²) in [5.74, 6) is -0.859. The lowest BCUT2D eigenvalue weighted by atomic mass is 10.0. The molecule has 2 aromatic rings. The summed E-state index contributed by atoms with van der Waals surface area (Å²) in [4.78, 5) is 10.8. The van der Waals surface area contributed by atoms with Crippen LogP contribution in [0, 0.1) is 12.7 Å². The summed E-state index contributed by atoms with van der Waals surface area (Å²) in [5.41, 5.74) is 2.02. The average Bonchev–Trinajstić information content (AvgIpc) is 2.49. The van der Waals surface area contributed by atoms with Gasteiger partial charge in [-0.2, -0.15) is 8.42 Å². The Balaban J connectivity index is 1.92. The van der Waals surface area contributed by atoms with E-state index in [1.165, 1.54) is 18.2 Å². The molecule has 2 aromatic carbocycles. The lowest BCUT2D eigenvalue weighted by Gasteiger charge is -2.17. The van der Waals surface area contributed by atoms with Gasteiger partial charge in [0.25, 0.3) is 0 Å². The van der Waals surface area contributed by atoms with Crippen LogP contribution in [0.15, 0.2) is 41.3 Å². The maximum atomic E-state index is 13.8. The van der Waals surface area contributed by atoms with E-state index in [1.54, 1.807) is 19.1 Å². The third-order valence-corrected chi connectivity index (χ3v) is 4.80. The molecule has 0 bridgehead atoms. The van der Waals surface area contributed by atoms with Gasteiger partial charge in [0, 0.05) is 12.1 Å². The lowest BCUT2D eigenvalue weighted by molar-refractivity contribution is -0.116. The summed E-state index contributed by atoms with van der Waals surface area (Å²) in [6.45, 7) is 1.67. The van der Waals surface area contributed by atoms with Crippen LogP contribution in [0.25, 0.3) is 0 Å². The van der Waals surface area contributed by atoms with Gasteiger partial charge in [0.05, 0.1) is 0 Å². The van der Waals surface area contributed by atoms with Crippen molar-refractivity contribution in [2.75, 3.05) is 5.32 Å². The number of nitrogens with one attached hydrogen (secondary N) is 1. The molecule has 7 heteroatoms. The zero-order chi connectivity index (χ0) is 16.6. The number of fused-ring (bicyclic) bond motifs is 1. The van der Waals surface area contributed by atoms with Crippen LogP contribution in [-0.2, 0) is 21.3 Å². The van der Waals surface area contributed by atoms with Gasteiger partial charge in [0.15, 0.2) is 0 Å². The Morgan fingerprint density at radius 1 is 1.13 bits per heavy atom. The van der Waals surface area contributed by atoms with Gasteiger partial charge in [-0.3, -0.25) is 4.79 Å².